The van der Waals surface area contributed by atoms with Gasteiger partial charge >= 0.3 is 5.97 Å². The molecule has 2 aromatic heterocycles. The molecule has 7 nitrogen and oxygen atoms in total. The first-order valence-electron chi connectivity index (χ1n) is 6.78. The molecular weight excluding hydrogens is 284 g/mol. The molecule has 112 valence electrons. The smallest absolute Gasteiger partial charge is 0.338 e. The number of carboxylic acids is 1. The molecule has 2 heterocycles. The lowest BCUT2D eigenvalue weighted by Crippen LogP contribution is -2.14. The standard InChI is InChI=1S/C15H14N4O3/c1-8(2)9-3-4-12-11(5-9)13(20)18-15(17-12)19-7-10(6-16-19)14(21)22/h3-8H,1-2H3,(H,21,22)(H,17,18,20). The van der Waals surface area contributed by atoms with Gasteiger partial charge in [0.2, 0.25) is 5.95 Å². The zero-order valence-corrected chi connectivity index (χ0v) is 12.1. The van der Waals surface area contributed by atoms with Crippen molar-refractivity contribution in [3.8, 4) is 5.95 Å². The second kappa shape index (κ2) is 5.10. The molecule has 0 saturated heterocycles. The molecule has 0 bridgehead atoms. The van der Waals surface area contributed by atoms with Crippen LogP contribution >= 0.6 is 0 Å². The molecule has 2 N–H and O–H groups in total. The maximum absolute atomic E-state index is 12.2. The minimum absolute atomic E-state index is 0.0258. The summed E-state index contributed by atoms with van der Waals surface area (Å²) in [5.74, 6) is -0.592. The van der Waals surface area contributed by atoms with Gasteiger partial charge in [-0.1, -0.05) is 19.9 Å². The summed E-state index contributed by atoms with van der Waals surface area (Å²) < 4.78 is 1.24. The Morgan fingerprint density at radius 1 is 1.36 bits per heavy atom. The number of fused-ring (bicyclic) bond motifs is 1. The Morgan fingerprint density at radius 3 is 2.77 bits per heavy atom. The summed E-state index contributed by atoms with van der Waals surface area (Å²) in [5.41, 5.74) is 1.34. The first-order chi connectivity index (χ1) is 10.5. The Labute approximate surface area is 125 Å². The highest BCUT2D eigenvalue weighted by Crippen LogP contribution is 2.18. The van der Waals surface area contributed by atoms with Crippen LogP contribution in [0.15, 0.2) is 35.4 Å². The molecule has 0 aliphatic heterocycles. The monoisotopic (exact) mass is 298 g/mol. The van der Waals surface area contributed by atoms with E-state index in [1.54, 1.807) is 6.07 Å². The third kappa shape index (κ3) is 2.37. The number of carboxylic acid groups (broad SMARTS) is 1. The topological polar surface area (TPSA) is 101 Å². The predicted octanol–water partition coefficient (Wildman–Crippen LogP) is 1.93. The molecule has 0 saturated carbocycles. The van der Waals surface area contributed by atoms with Crippen LogP contribution in [0.4, 0.5) is 0 Å². The van der Waals surface area contributed by atoms with E-state index in [4.69, 9.17) is 5.11 Å². The van der Waals surface area contributed by atoms with Gasteiger partial charge in [-0.2, -0.15) is 5.10 Å². The quantitative estimate of drug-likeness (QED) is 0.769. The van der Waals surface area contributed by atoms with E-state index < -0.39 is 5.97 Å². The first kappa shape index (κ1) is 14.0. The SMILES string of the molecule is CC(C)c1ccc2nc(-n3cc(C(=O)O)cn3)[nH]c(=O)c2c1. The number of nitrogens with one attached hydrogen (secondary N) is 1. The highest BCUT2D eigenvalue weighted by atomic mass is 16.4. The lowest BCUT2D eigenvalue weighted by atomic mass is 10.0. The van der Waals surface area contributed by atoms with Gasteiger partial charge in [0.15, 0.2) is 0 Å². The summed E-state index contributed by atoms with van der Waals surface area (Å²) in [6.45, 7) is 4.10. The molecule has 0 spiro atoms. The maximum atomic E-state index is 12.2. The first-order valence-corrected chi connectivity index (χ1v) is 6.78. The Balaban J connectivity index is 2.14. The highest BCUT2D eigenvalue weighted by Gasteiger charge is 2.11. The van der Waals surface area contributed by atoms with E-state index in [1.807, 2.05) is 26.0 Å². The van der Waals surface area contributed by atoms with E-state index in [1.165, 1.54) is 17.1 Å². The highest BCUT2D eigenvalue weighted by molar-refractivity contribution is 5.87. The molecule has 3 rings (SSSR count). The Morgan fingerprint density at radius 2 is 2.14 bits per heavy atom. The van der Waals surface area contributed by atoms with E-state index in [-0.39, 0.29) is 17.1 Å². The fourth-order valence-electron chi connectivity index (χ4n) is 2.16. The van der Waals surface area contributed by atoms with Crippen molar-refractivity contribution in [3.63, 3.8) is 0 Å². The number of hydrogen-bond donors (Lipinski definition) is 2. The molecule has 0 amide bonds. The number of carbonyl (C=O) groups is 1. The summed E-state index contributed by atoms with van der Waals surface area (Å²) in [5, 5.41) is 13.3. The Bertz CT molecular complexity index is 924. The third-order valence-electron chi connectivity index (χ3n) is 3.43. The average molecular weight is 298 g/mol. The van der Waals surface area contributed by atoms with Crippen LogP contribution in [0.1, 0.15) is 35.7 Å². The van der Waals surface area contributed by atoms with Gasteiger partial charge in [-0.05, 0) is 23.6 Å². The fraction of sp³-hybridized carbons (Fsp3) is 0.200. The minimum Gasteiger partial charge on any atom is -0.478 e. The number of rotatable bonds is 3. The Kier molecular flexibility index (Phi) is 3.25. The molecule has 22 heavy (non-hydrogen) atoms. The molecule has 0 aliphatic rings. The van der Waals surface area contributed by atoms with Crippen molar-refractivity contribution in [2.24, 2.45) is 0 Å². The second-order valence-electron chi connectivity index (χ2n) is 5.30. The van der Waals surface area contributed by atoms with Crippen LogP contribution in [0.2, 0.25) is 0 Å². The summed E-state index contributed by atoms with van der Waals surface area (Å²) in [7, 11) is 0. The molecule has 7 heteroatoms. The predicted molar refractivity (Wildman–Crippen MR) is 80.5 cm³/mol. The number of hydrogen-bond acceptors (Lipinski definition) is 4. The van der Waals surface area contributed by atoms with Crippen molar-refractivity contribution in [2.45, 2.75) is 19.8 Å². The van der Waals surface area contributed by atoms with Crippen LogP contribution < -0.4 is 5.56 Å². The van der Waals surface area contributed by atoms with Crippen molar-refractivity contribution in [1.29, 1.82) is 0 Å². The van der Waals surface area contributed by atoms with E-state index in [0.717, 1.165) is 5.56 Å². The minimum atomic E-state index is -1.09. The zero-order valence-electron chi connectivity index (χ0n) is 12.1. The number of aromatic nitrogens is 4. The number of aromatic carboxylic acids is 1. The van der Waals surface area contributed by atoms with Crippen LogP contribution in [0.25, 0.3) is 16.9 Å². The van der Waals surface area contributed by atoms with Gasteiger partial charge in [-0.25, -0.2) is 14.5 Å². The van der Waals surface area contributed by atoms with Gasteiger partial charge < -0.3 is 5.11 Å². The molecule has 0 aliphatic carbocycles. The lowest BCUT2D eigenvalue weighted by molar-refractivity contribution is 0.0697. The summed E-state index contributed by atoms with van der Waals surface area (Å²) in [6.07, 6.45) is 2.50. The number of H-pyrrole nitrogens is 1. The van der Waals surface area contributed by atoms with E-state index in [9.17, 15) is 9.59 Å². The van der Waals surface area contributed by atoms with Crippen LogP contribution in [-0.2, 0) is 0 Å². The van der Waals surface area contributed by atoms with Crippen molar-refractivity contribution >= 4 is 16.9 Å². The zero-order chi connectivity index (χ0) is 15.9. The van der Waals surface area contributed by atoms with Gasteiger partial charge in [-0.3, -0.25) is 9.78 Å². The third-order valence-corrected chi connectivity index (χ3v) is 3.43. The molecule has 0 atom stereocenters. The van der Waals surface area contributed by atoms with Crippen LogP contribution in [0.5, 0.6) is 0 Å². The molecule has 3 aromatic rings. The van der Waals surface area contributed by atoms with E-state index in [2.05, 4.69) is 15.1 Å². The molecule has 0 fully saturated rings. The fourth-order valence-corrected chi connectivity index (χ4v) is 2.16. The molecule has 1 aromatic carbocycles. The van der Waals surface area contributed by atoms with Crippen LogP contribution in [-0.4, -0.2) is 30.8 Å². The van der Waals surface area contributed by atoms with Gasteiger partial charge in [-0.15, -0.1) is 0 Å². The summed E-state index contributed by atoms with van der Waals surface area (Å²) in [6, 6.07) is 5.53. The number of nitrogens with zero attached hydrogens (tertiary/aromatic N) is 3. The van der Waals surface area contributed by atoms with Gasteiger partial charge in [0, 0.05) is 6.20 Å². The molecule has 0 radical (unpaired) electrons. The van der Waals surface area contributed by atoms with Gasteiger partial charge in [0.1, 0.15) is 0 Å². The van der Waals surface area contributed by atoms with Crippen molar-refractivity contribution < 1.29 is 9.90 Å². The van der Waals surface area contributed by atoms with Crippen LogP contribution in [0.3, 0.4) is 0 Å². The maximum Gasteiger partial charge on any atom is 0.338 e. The summed E-state index contributed by atoms with van der Waals surface area (Å²) >= 11 is 0. The van der Waals surface area contributed by atoms with E-state index in [0.29, 0.717) is 16.8 Å². The van der Waals surface area contributed by atoms with Crippen molar-refractivity contribution in [3.05, 3.63) is 52.1 Å². The van der Waals surface area contributed by atoms with Gasteiger partial charge in [0.25, 0.3) is 5.56 Å². The van der Waals surface area contributed by atoms with Crippen molar-refractivity contribution in [1.82, 2.24) is 19.7 Å². The molecule has 0 unspecified atom stereocenters. The normalized spacial score (nSPS) is 11.2. The average Bonchev–Trinajstić information content (AvgIpc) is 2.96. The molecular formula is C15H14N4O3. The Hall–Kier alpha value is -2.96. The number of aromatic amines is 1. The van der Waals surface area contributed by atoms with E-state index >= 15 is 0 Å². The van der Waals surface area contributed by atoms with Crippen LogP contribution in [0, 0.1) is 0 Å². The summed E-state index contributed by atoms with van der Waals surface area (Å²) in [4.78, 5) is 30.1. The van der Waals surface area contributed by atoms with Gasteiger partial charge in [0.05, 0.1) is 22.7 Å². The lowest BCUT2D eigenvalue weighted by Gasteiger charge is -2.07. The number of benzene rings is 1. The largest absolute Gasteiger partial charge is 0.478 e. The second-order valence-corrected chi connectivity index (χ2v) is 5.30. The van der Waals surface area contributed by atoms with Crippen molar-refractivity contribution in [2.75, 3.05) is 0 Å².